The summed E-state index contributed by atoms with van der Waals surface area (Å²) in [5.41, 5.74) is 3.29. The smallest absolute Gasteiger partial charge is 0.295 e. The molecule has 2 atom stereocenters. The van der Waals surface area contributed by atoms with Gasteiger partial charge in [0, 0.05) is 24.9 Å². The van der Waals surface area contributed by atoms with Gasteiger partial charge in [0.25, 0.3) is 6.01 Å². The Morgan fingerprint density at radius 2 is 1.78 bits per heavy atom. The van der Waals surface area contributed by atoms with Crippen LogP contribution in [-0.4, -0.2) is 50.3 Å². The molecule has 1 aliphatic rings. The van der Waals surface area contributed by atoms with E-state index in [0.717, 1.165) is 16.8 Å². The molecule has 0 aliphatic carbocycles. The molecule has 3 aromatic carbocycles. The van der Waals surface area contributed by atoms with Crippen molar-refractivity contribution in [3.8, 4) is 34.0 Å². The summed E-state index contributed by atoms with van der Waals surface area (Å²) in [4.78, 5) is 7.03. The average Bonchev–Trinajstić information content (AvgIpc) is 3.66. The maximum atomic E-state index is 15.4. The quantitative estimate of drug-likeness (QED) is 0.356. The number of H-pyrrole nitrogens is 1. The van der Waals surface area contributed by atoms with Crippen LogP contribution in [0.15, 0.2) is 73.1 Å². The Morgan fingerprint density at radius 3 is 2.44 bits per heavy atom. The van der Waals surface area contributed by atoms with Gasteiger partial charge in [-0.3, -0.25) is 0 Å². The zero-order valence-corrected chi connectivity index (χ0v) is 19.1. The van der Waals surface area contributed by atoms with Crippen molar-refractivity contribution in [2.24, 2.45) is 0 Å². The third kappa shape index (κ3) is 4.12. The number of aromatic nitrogens is 4. The summed E-state index contributed by atoms with van der Waals surface area (Å²) in [5.74, 6) is -1.46. The summed E-state index contributed by atoms with van der Waals surface area (Å²) in [6.07, 6.45) is 3.47. The van der Waals surface area contributed by atoms with Crippen molar-refractivity contribution in [2.45, 2.75) is 18.6 Å². The molecular weight excluding hydrogens is 466 g/mol. The minimum absolute atomic E-state index is 0.00249. The molecule has 2 N–H and O–H groups in total. The summed E-state index contributed by atoms with van der Waals surface area (Å²) < 4.78 is 43.3. The molecule has 6 rings (SSSR count). The van der Waals surface area contributed by atoms with Crippen molar-refractivity contribution >= 4 is 11.0 Å². The largest absolute Gasteiger partial charge is 0.459 e. The van der Waals surface area contributed by atoms with Crippen molar-refractivity contribution in [3.63, 3.8) is 0 Å². The average molecular weight is 488 g/mol. The van der Waals surface area contributed by atoms with Crippen LogP contribution in [0.3, 0.4) is 0 Å². The molecule has 1 saturated heterocycles. The van der Waals surface area contributed by atoms with Crippen molar-refractivity contribution < 1.29 is 23.4 Å². The lowest BCUT2D eigenvalue weighted by atomic mass is 9.99. The Bertz CT molecular complexity index is 1500. The zero-order chi connectivity index (χ0) is 24.6. The summed E-state index contributed by atoms with van der Waals surface area (Å²) in [7, 11) is 0. The maximum Gasteiger partial charge on any atom is 0.295 e. The van der Waals surface area contributed by atoms with E-state index in [1.165, 1.54) is 6.07 Å². The van der Waals surface area contributed by atoms with Crippen molar-refractivity contribution in [3.05, 3.63) is 84.7 Å². The van der Waals surface area contributed by atoms with Gasteiger partial charge in [-0.05, 0) is 34.9 Å². The van der Waals surface area contributed by atoms with Crippen LogP contribution in [-0.2, 0) is 4.74 Å². The van der Waals surface area contributed by atoms with Gasteiger partial charge >= 0.3 is 0 Å². The molecule has 1 fully saturated rings. The molecule has 3 heterocycles. The van der Waals surface area contributed by atoms with Gasteiger partial charge in [0.05, 0.1) is 36.1 Å². The van der Waals surface area contributed by atoms with Gasteiger partial charge in [-0.2, -0.15) is 10.1 Å². The van der Waals surface area contributed by atoms with Crippen molar-refractivity contribution in [2.75, 3.05) is 13.2 Å². The highest BCUT2D eigenvalue weighted by atomic mass is 19.1. The highest BCUT2D eigenvalue weighted by Gasteiger charge is 2.28. The van der Waals surface area contributed by atoms with E-state index in [-0.39, 0.29) is 41.4 Å². The number of hydrogen-bond acceptors (Lipinski definition) is 5. The molecule has 0 bridgehead atoms. The van der Waals surface area contributed by atoms with Gasteiger partial charge in [0.1, 0.15) is 17.4 Å². The molecule has 1 unspecified atom stereocenters. The van der Waals surface area contributed by atoms with Crippen LogP contribution in [0.1, 0.15) is 6.42 Å². The fourth-order valence-electron chi connectivity index (χ4n) is 4.48. The van der Waals surface area contributed by atoms with Gasteiger partial charge in [-0.15, -0.1) is 0 Å². The van der Waals surface area contributed by atoms with E-state index in [1.54, 1.807) is 23.0 Å². The number of halogens is 2. The molecule has 36 heavy (non-hydrogen) atoms. The number of nitrogens with one attached hydrogen (secondary N) is 1. The number of fused-ring (bicyclic) bond motifs is 1. The standard InChI is InChI=1S/C27H22F2N4O3/c28-22-13-23-26(32-27(31-23)36-21-12-20(14-34)35-15-21)25(29)24(22)18-4-2-16(3-5-18)17-6-8-19(9-7-17)33-11-1-10-30-33/h1-11,13,20-21,34H,12,14-15H2,(H,31,32)/t20-,21?/m0/s1. The first kappa shape index (κ1) is 22.4. The number of aliphatic hydroxyl groups is 1. The highest BCUT2D eigenvalue weighted by molar-refractivity contribution is 5.84. The number of aliphatic hydroxyl groups excluding tert-OH is 1. The first-order chi connectivity index (χ1) is 17.6. The van der Waals surface area contributed by atoms with Crippen LogP contribution < -0.4 is 4.74 Å². The molecule has 7 nitrogen and oxygen atoms in total. The summed E-state index contributed by atoms with van der Waals surface area (Å²) in [6, 6.07) is 18.1. The lowest BCUT2D eigenvalue weighted by Crippen LogP contribution is -2.17. The number of nitrogens with zero attached hydrogens (tertiary/aromatic N) is 3. The van der Waals surface area contributed by atoms with Crippen LogP contribution in [0.2, 0.25) is 0 Å². The summed E-state index contributed by atoms with van der Waals surface area (Å²) in [6.45, 7) is 0.196. The monoisotopic (exact) mass is 488 g/mol. The maximum absolute atomic E-state index is 15.4. The first-order valence-electron chi connectivity index (χ1n) is 11.6. The fraction of sp³-hybridized carbons (Fsp3) is 0.185. The molecular formula is C27H22F2N4O3. The Labute approximate surface area is 204 Å². The van der Waals surface area contributed by atoms with E-state index in [2.05, 4.69) is 15.1 Å². The third-order valence-corrected chi connectivity index (χ3v) is 6.32. The van der Waals surface area contributed by atoms with Gasteiger partial charge in [-0.25, -0.2) is 13.5 Å². The van der Waals surface area contributed by atoms with E-state index < -0.39 is 11.6 Å². The van der Waals surface area contributed by atoms with E-state index >= 15 is 4.39 Å². The van der Waals surface area contributed by atoms with Gasteiger partial charge < -0.3 is 19.6 Å². The fourth-order valence-corrected chi connectivity index (χ4v) is 4.48. The Hall–Kier alpha value is -4.08. The lowest BCUT2D eigenvalue weighted by molar-refractivity contribution is 0.0528. The minimum Gasteiger partial charge on any atom is -0.459 e. The second-order valence-electron chi connectivity index (χ2n) is 8.67. The molecule has 9 heteroatoms. The first-order valence-corrected chi connectivity index (χ1v) is 11.6. The Morgan fingerprint density at radius 1 is 1.06 bits per heavy atom. The van der Waals surface area contributed by atoms with E-state index in [0.29, 0.717) is 18.6 Å². The molecule has 182 valence electrons. The third-order valence-electron chi connectivity index (χ3n) is 6.32. The molecule has 0 amide bonds. The number of benzene rings is 3. The molecule has 1 aliphatic heterocycles. The van der Waals surface area contributed by atoms with Gasteiger partial charge in [0.2, 0.25) is 0 Å². The second-order valence-corrected chi connectivity index (χ2v) is 8.67. The van der Waals surface area contributed by atoms with Crippen molar-refractivity contribution in [1.29, 1.82) is 0 Å². The second kappa shape index (κ2) is 9.18. The van der Waals surface area contributed by atoms with Crippen molar-refractivity contribution in [1.82, 2.24) is 19.7 Å². The molecule has 5 aromatic rings. The number of imidazole rings is 1. The topological polar surface area (TPSA) is 85.2 Å². The van der Waals surface area contributed by atoms with Crippen LogP contribution in [0.5, 0.6) is 6.01 Å². The SMILES string of the molecule is OC[C@@H]1CC(Oc2nc3c(F)c(-c4ccc(-c5ccc(-n6cccn6)cc5)cc4)c(F)cc3[nH]2)CO1. The lowest BCUT2D eigenvalue weighted by Gasteiger charge is -2.08. The van der Waals surface area contributed by atoms with Gasteiger partial charge in [0.15, 0.2) is 5.82 Å². The van der Waals surface area contributed by atoms with Gasteiger partial charge in [-0.1, -0.05) is 36.4 Å². The Balaban J connectivity index is 1.26. The van der Waals surface area contributed by atoms with E-state index in [4.69, 9.17) is 9.47 Å². The summed E-state index contributed by atoms with van der Waals surface area (Å²) >= 11 is 0. The number of rotatable bonds is 6. The normalized spacial score (nSPS) is 17.6. The summed E-state index contributed by atoms with van der Waals surface area (Å²) in [5, 5.41) is 13.4. The van der Waals surface area contributed by atoms with Crippen LogP contribution >= 0.6 is 0 Å². The zero-order valence-electron chi connectivity index (χ0n) is 19.1. The van der Waals surface area contributed by atoms with Crippen LogP contribution in [0, 0.1) is 11.6 Å². The number of aromatic amines is 1. The minimum atomic E-state index is -0.761. The molecule has 0 spiro atoms. The molecule has 0 radical (unpaired) electrons. The molecule has 0 saturated carbocycles. The predicted octanol–water partition coefficient (Wildman–Crippen LogP) is 4.89. The Kier molecular flexibility index (Phi) is 5.71. The number of hydrogen-bond donors (Lipinski definition) is 2. The highest BCUT2D eigenvalue weighted by Crippen LogP contribution is 2.34. The van der Waals surface area contributed by atoms with Crippen LogP contribution in [0.25, 0.3) is 39.0 Å². The van der Waals surface area contributed by atoms with Crippen LogP contribution in [0.4, 0.5) is 8.78 Å². The van der Waals surface area contributed by atoms with E-state index in [9.17, 15) is 9.50 Å². The van der Waals surface area contributed by atoms with E-state index in [1.807, 2.05) is 48.7 Å². The predicted molar refractivity (Wildman–Crippen MR) is 130 cm³/mol. The molecule has 2 aromatic heterocycles. The number of ether oxygens (including phenoxy) is 2.